The van der Waals surface area contributed by atoms with Crippen LogP contribution in [0.2, 0.25) is 0 Å². The van der Waals surface area contributed by atoms with E-state index in [4.69, 9.17) is 14.2 Å². The Bertz CT molecular complexity index is 586. The number of nitrogens with zero attached hydrogens (tertiary/aromatic N) is 2. The van der Waals surface area contributed by atoms with E-state index in [2.05, 4.69) is 27.5 Å². The minimum atomic E-state index is 0.164. The minimum Gasteiger partial charge on any atom is -0.477 e. The summed E-state index contributed by atoms with van der Waals surface area (Å²) >= 11 is 0. The fourth-order valence-corrected chi connectivity index (χ4v) is 2.71. The van der Waals surface area contributed by atoms with E-state index in [1.54, 1.807) is 13.2 Å². The third-order valence-electron chi connectivity index (χ3n) is 4.50. The van der Waals surface area contributed by atoms with Crippen molar-refractivity contribution in [1.29, 1.82) is 0 Å². The molecule has 2 atom stereocenters. The summed E-state index contributed by atoms with van der Waals surface area (Å²) in [6.07, 6.45) is 5.54. The Labute approximate surface area is 155 Å². The maximum absolute atomic E-state index is 5.84. The van der Waals surface area contributed by atoms with Gasteiger partial charge in [0.2, 0.25) is 5.88 Å². The van der Waals surface area contributed by atoms with E-state index < -0.39 is 0 Å². The first-order valence-corrected chi connectivity index (χ1v) is 9.47. The molecule has 0 aromatic carbocycles. The second-order valence-corrected chi connectivity index (χ2v) is 7.05. The summed E-state index contributed by atoms with van der Waals surface area (Å²) in [4.78, 5) is 8.55. The van der Waals surface area contributed by atoms with Crippen LogP contribution in [0.15, 0.2) is 23.3 Å². The summed E-state index contributed by atoms with van der Waals surface area (Å²) < 4.78 is 16.9. The first-order valence-electron chi connectivity index (χ1n) is 9.47. The fraction of sp³-hybridized carbons (Fsp3) is 0.684. The normalized spacial score (nSPS) is 21.5. The molecule has 2 aliphatic rings. The van der Waals surface area contributed by atoms with Crippen molar-refractivity contribution in [2.75, 3.05) is 33.5 Å². The van der Waals surface area contributed by atoms with Crippen LogP contribution in [0, 0.1) is 5.92 Å². The smallest absolute Gasteiger partial charge is 0.213 e. The zero-order valence-electron chi connectivity index (χ0n) is 15.7. The van der Waals surface area contributed by atoms with E-state index in [9.17, 15) is 0 Å². The molecule has 2 N–H and O–H groups in total. The Kier molecular flexibility index (Phi) is 7.08. The predicted octanol–water partition coefficient (Wildman–Crippen LogP) is 1.73. The van der Waals surface area contributed by atoms with Crippen molar-refractivity contribution in [2.45, 2.75) is 44.9 Å². The first kappa shape index (κ1) is 18.9. The molecule has 7 nitrogen and oxygen atoms in total. The van der Waals surface area contributed by atoms with Crippen molar-refractivity contribution >= 4 is 5.96 Å². The van der Waals surface area contributed by atoms with Crippen molar-refractivity contribution in [1.82, 2.24) is 15.6 Å². The Morgan fingerprint density at radius 3 is 3.04 bits per heavy atom. The predicted molar refractivity (Wildman–Crippen MR) is 100 cm³/mol. The number of rotatable bonds is 9. The van der Waals surface area contributed by atoms with Gasteiger partial charge < -0.3 is 24.8 Å². The molecule has 1 aliphatic heterocycles. The van der Waals surface area contributed by atoms with Gasteiger partial charge in [-0.15, -0.1) is 0 Å². The van der Waals surface area contributed by atoms with Gasteiger partial charge in [-0.2, -0.15) is 0 Å². The van der Waals surface area contributed by atoms with E-state index in [0.717, 1.165) is 37.1 Å². The van der Waals surface area contributed by atoms with Gasteiger partial charge in [0.1, 0.15) is 0 Å². The van der Waals surface area contributed by atoms with Crippen LogP contribution in [0.1, 0.15) is 31.7 Å². The molecule has 0 radical (unpaired) electrons. The average Bonchev–Trinajstić information content (AvgIpc) is 3.35. The van der Waals surface area contributed by atoms with E-state index in [1.807, 2.05) is 12.1 Å². The number of ether oxygens (including phenoxy) is 3. The second kappa shape index (κ2) is 9.73. The molecule has 1 aromatic heterocycles. The topological polar surface area (TPSA) is 77.0 Å². The molecule has 7 heteroatoms. The summed E-state index contributed by atoms with van der Waals surface area (Å²) in [5, 5.41) is 6.67. The molecule has 1 saturated carbocycles. The monoisotopic (exact) mass is 362 g/mol. The lowest BCUT2D eigenvalue weighted by atomic mass is 10.2. The number of hydrogen-bond donors (Lipinski definition) is 2. The quantitative estimate of drug-likeness (QED) is 0.515. The van der Waals surface area contributed by atoms with Crippen LogP contribution in [0.25, 0.3) is 0 Å². The lowest BCUT2D eigenvalue weighted by molar-refractivity contribution is 0.0347. The van der Waals surface area contributed by atoms with Crippen LogP contribution in [0.5, 0.6) is 5.88 Å². The largest absolute Gasteiger partial charge is 0.477 e. The number of hydrogen-bond acceptors (Lipinski definition) is 5. The number of aromatic nitrogens is 1. The highest BCUT2D eigenvalue weighted by atomic mass is 16.5. The number of nitrogens with one attached hydrogen (secondary N) is 2. The third-order valence-corrected chi connectivity index (χ3v) is 4.50. The van der Waals surface area contributed by atoms with Gasteiger partial charge in [0, 0.05) is 38.5 Å². The van der Waals surface area contributed by atoms with Crippen LogP contribution >= 0.6 is 0 Å². The lowest BCUT2D eigenvalue weighted by Crippen LogP contribution is -2.44. The van der Waals surface area contributed by atoms with Crippen LogP contribution < -0.4 is 15.4 Å². The van der Waals surface area contributed by atoms with E-state index >= 15 is 0 Å². The van der Waals surface area contributed by atoms with Gasteiger partial charge in [0.25, 0.3) is 0 Å². The summed E-state index contributed by atoms with van der Waals surface area (Å²) in [6, 6.07) is 4.13. The fourth-order valence-electron chi connectivity index (χ4n) is 2.71. The molecule has 2 unspecified atom stereocenters. The Morgan fingerprint density at radius 2 is 2.31 bits per heavy atom. The van der Waals surface area contributed by atoms with Crippen LogP contribution in [-0.2, 0) is 16.0 Å². The Hall–Kier alpha value is -1.86. The van der Waals surface area contributed by atoms with Gasteiger partial charge in [-0.1, -0.05) is 0 Å². The van der Waals surface area contributed by atoms with Gasteiger partial charge >= 0.3 is 0 Å². The van der Waals surface area contributed by atoms with Crippen LogP contribution in [0.4, 0.5) is 0 Å². The molecular weight excluding hydrogens is 332 g/mol. The lowest BCUT2D eigenvalue weighted by Gasteiger charge is -2.19. The van der Waals surface area contributed by atoms with Crippen molar-refractivity contribution in [3.8, 4) is 5.88 Å². The molecular formula is C19H30N4O3. The molecule has 3 rings (SSSR count). The summed E-state index contributed by atoms with van der Waals surface area (Å²) in [6.45, 7) is 5.64. The molecule has 0 amide bonds. The molecule has 144 valence electrons. The third kappa shape index (κ3) is 6.46. The van der Waals surface area contributed by atoms with Gasteiger partial charge in [-0.3, -0.25) is 4.99 Å². The highest BCUT2D eigenvalue weighted by Crippen LogP contribution is 2.29. The van der Waals surface area contributed by atoms with Crippen LogP contribution in [-0.4, -0.2) is 56.6 Å². The standard InChI is InChI=1S/C19H30N4O3/c1-14(11-25-17-6-8-24-13-17)23-19(20-2)22-10-16-5-7-21-18(9-16)26-12-15-3-4-15/h5,7,9,14-15,17H,3-4,6,8,10-13H2,1-2H3,(H2,20,22,23). The number of guanidine groups is 1. The summed E-state index contributed by atoms with van der Waals surface area (Å²) in [5.74, 6) is 2.17. The second-order valence-electron chi connectivity index (χ2n) is 7.05. The SMILES string of the molecule is CN=C(NCc1ccnc(OCC2CC2)c1)NC(C)COC1CCOC1. The zero-order chi connectivity index (χ0) is 18.2. The van der Waals surface area contributed by atoms with E-state index in [-0.39, 0.29) is 12.1 Å². The molecule has 0 bridgehead atoms. The molecule has 2 fully saturated rings. The highest BCUT2D eigenvalue weighted by molar-refractivity contribution is 5.79. The number of aliphatic imine (C=N–C) groups is 1. The number of pyridine rings is 1. The van der Waals surface area contributed by atoms with Gasteiger partial charge in [-0.05, 0) is 43.7 Å². The van der Waals surface area contributed by atoms with Crippen molar-refractivity contribution in [3.05, 3.63) is 23.9 Å². The van der Waals surface area contributed by atoms with Crippen molar-refractivity contribution < 1.29 is 14.2 Å². The highest BCUT2D eigenvalue weighted by Gasteiger charge is 2.22. The van der Waals surface area contributed by atoms with Gasteiger partial charge in [-0.25, -0.2) is 4.98 Å². The van der Waals surface area contributed by atoms with Crippen molar-refractivity contribution in [2.24, 2.45) is 10.9 Å². The van der Waals surface area contributed by atoms with Gasteiger partial charge in [0.15, 0.2) is 5.96 Å². The molecule has 1 saturated heterocycles. The average molecular weight is 362 g/mol. The first-order chi connectivity index (χ1) is 12.7. The Morgan fingerprint density at radius 1 is 1.42 bits per heavy atom. The maximum Gasteiger partial charge on any atom is 0.213 e. The van der Waals surface area contributed by atoms with Gasteiger partial charge in [0.05, 0.1) is 25.9 Å². The molecule has 1 aromatic rings. The van der Waals surface area contributed by atoms with Crippen LogP contribution in [0.3, 0.4) is 0 Å². The molecule has 26 heavy (non-hydrogen) atoms. The Balaban J connectivity index is 1.39. The minimum absolute atomic E-state index is 0.164. The summed E-state index contributed by atoms with van der Waals surface area (Å²) in [5.41, 5.74) is 1.11. The molecule has 2 heterocycles. The van der Waals surface area contributed by atoms with E-state index in [0.29, 0.717) is 25.6 Å². The molecule has 1 aliphatic carbocycles. The molecule has 0 spiro atoms. The van der Waals surface area contributed by atoms with Crippen molar-refractivity contribution in [3.63, 3.8) is 0 Å². The summed E-state index contributed by atoms with van der Waals surface area (Å²) in [7, 11) is 1.77. The zero-order valence-corrected chi connectivity index (χ0v) is 15.7. The maximum atomic E-state index is 5.84. The van der Waals surface area contributed by atoms with E-state index in [1.165, 1.54) is 12.8 Å².